The minimum absolute atomic E-state index is 0.0582. The average Bonchev–Trinajstić information content (AvgIpc) is 3.01. The van der Waals surface area contributed by atoms with Crippen molar-refractivity contribution in [3.05, 3.63) is 69.8 Å². The molecular weight excluding hydrogens is 397 g/mol. The Hall–Kier alpha value is -2.87. The van der Waals surface area contributed by atoms with Crippen LogP contribution >= 0.6 is 7.60 Å². The Balaban J connectivity index is 2.17. The summed E-state index contributed by atoms with van der Waals surface area (Å²) >= 11 is 0. The van der Waals surface area contributed by atoms with E-state index in [0.717, 1.165) is 0 Å². The number of aliphatic imine (C=N–C) groups is 1. The van der Waals surface area contributed by atoms with Gasteiger partial charge in [-0.1, -0.05) is 30.3 Å². The summed E-state index contributed by atoms with van der Waals surface area (Å²) in [5.74, 6) is -1.64. The summed E-state index contributed by atoms with van der Waals surface area (Å²) in [7, 11) is -3.77. The molecule has 0 unspecified atom stereocenters. The van der Waals surface area contributed by atoms with Crippen molar-refractivity contribution in [2.24, 2.45) is 4.99 Å². The largest absolute Gasteiger partial charge is 0.359 e. The molecule has 29 heavy (non-hydrogen) atoms. The number of hydrogen-bond donors (Lipinski definition) is 1. The first-order valence-electron chi connectivity index (χ1n) is 9.01. The van der Waals surface area contributed by atoms with Crippen molar-refractivity contribution < 1.29 is 23.3 Å². The van der Waals surface area contributed by atoms with Crippen molar-refractivity contribution in [3.63, 3.8) is 0 Å². The second-order valence-corrected chi connectivity index (χ2v) is 8.16. The Morgan fingerprint density at radius 1 is 1.14 bits per heavy atom. The maximum absolute atomic E-state index is 13.5. The molecule has 1 aliphatic heterocycles. The Morgan fingerprint density at radius 3 is 2.38 bits per heavy atom. The van der Waals surface area contributed by atoms with Crippen LogP contribution in [-0.4, -0.2) is 29.8 Å². The van der Waals surface area contributed by atoms with Crippen LogP contribution < -0.4 is 5.32 Å². The number of benzene rings is 2. The van der Waals surface area contributed by atoms with Crippen LogP contribution in [0.15, 0.2) is 53.5 Å². The van der Waals surface area contributed by atoms with Gasteiger partial charge in [-0.2, -0.15) is 0 Å². The van der Waals surface area contributed by atoms with Gasteiger partial charge in [0.25, 0.3) is 11.6 Å². The van der Waals surface area contributed by atoms with E-state index in [0.29, 0.717) is 11.3 Å². The SMILES string of the molecule is CCOP(=O)(OCC)[C@H](/N=C1\C(=O)Nc2ccc([N+](=O)[O-])cc21)c1ccccc1. The lowest BCUT2D eigenvalue weighted by Crippen LogP contribution is -2.17. The molecule has 2 aromatic rings. The van der Waals surface area contributed by atoms with Crippen molar-refractivity contribution in [2.75, 3.05) is 18.5 Å². The van der Waals surface area contributed by atoms with E-state index in [1.165, 1.54) is 18.2 Å². The van der Waals surface area contributed by atoms with Crippen LogP contribution in [0.4, 0.5) is 11.4 Å². The molecule has 0 bridgehead atoms. The Kier molecular flexibility index (Phi) is 6.22. The van der Waals surface area contributed by atoms with Gasteiger partial charge in [-0.25, -0.2) is 0 Å². The molecule has 2 aromatic carbocycles. The van der Waals surface area contributed by atoms with Gasteiger partial charge in [0.05, 0.1) is 23.8 Å². The molecule has 9 nitrogen and oxygen atoms in total. The van der Waals surface area contributed by atoms with Crippen LogP contribution in [-0.2, 0) is 18.4 Å². The number of amides is 1. The molecule has 0 spiro atoms. The van der Waals surface area contributed by atoms with E-state index in [-0.39, 0.29) is 30.2 Å². The second kappa shape index (κ2) is 8.65. The maximum Gasteiger partial charge on any atom is 0.359 e. The number of anilines is 1. The molecule has 1 amide bonds. The topological polar surface area (TPSA) is 120 Å². The molecule has 1 N–H and O–H groups in total. The molecule has 10 heteroatoms. The minimum atomic E-state index is -3.77. The first kappa shape index (κ1) is 20.9. The van der Waals surface area contributed by atoms with Gasteiger partial charge >= 0.3 is 7.60 Å². The number of carbonyl (C=O) groups is 1. The summed E-state index contributed by atoms with van der Waals surface area (Å²) in [6.07, 6.45) is 0. The molecular formula is C19H20N3O6P. The average molecular weight is 417 g/mol. The first-order chi connectivity index (χ1) is 13.9. The van der Waals surface area contributed by atoms with Gasteiger partial charge in [0.1, 0.15) is 5.71 Å². The van der Waals surface area contributed by atoms with Crippen molar-refractivity contribution in [3.8, 4) is 0 Å². The Bertz CT molecular complexity index is 998. The molecule has 0 aliphatic carbocycles. The molecule has 0 radical (unpaired) electrons. The van der Waals surface area contributed by atoms with Crippen molar-refractivity contribution >= 4 is 30.6 Å². The summed E-state index contributed by atoms with van der Waals surface area (Å²) in [6.45, 7) is 3.61. The quantitative estimate of drug-likeness (QED) is 0.388. The highest BCUT2D eigenvalue weighted by atomic mass is 31.2. The lowest BCUT2D eigenvalue weighted by Gasteiger charge is -2.24. The normalized spacial score (nSPS) is 15.8. The number of fused-ring (bicyclic) bond motifs is 1. The molecule has 0 saturated heterocycles. The maximum atomic E-state index is 13.5. The minimum Gasteiger partial charge on any atom is -0.320 e. The van der Waals surface area contributed by atoms with Crippen molar-refractivity contribution in [1.29, 1.82) is 0 Å². The van der Waals surface area contributed by atoms with Gasteiger partial charge < -0.3 is 14.4 Å². The number of nitrogens with one attached hydrogen (secondary N) is 1. The van der Waals surface area contributed by atoms with Crippen LogP contribution in [0, 0.1) is 10.1 Å². The fourth-order valence-electron chi connectivity index (χ4n) is 3.00. The molecule has 1 aliphatic rings. The number of carbonyl (C=O) groups excluding carboxylic acids is 1. The van der Waals surface area contributed by atoms with Gasteiger partial charge in [0, 0.05) is 17.7 Å². The molecule has 152 valence electrons. The molecule has 1 heterocycles. The van der Waals surface area contributed by atoms with E-state index in [1.807, 2.05) is 0 Å². The van der Waals surface area contributed by atoms with E-state index in [9.17, 15) is 19.5 Å². The van der Waals surface area contributed by atoms with Crippen LogP contribution in [0.25, 0.3) is 0 Å². The predicted octanol–water partition coefficient (Wildman–Crippen LogP) is 4.30. The number of hydrogen-bond acceptors (Lipinski definition) is 7. The number of non-ortho nitro benzene ring substituents is 1. The van der Waals surface area contributed by atoms with Gasteiger partial charge in [-0.05, 0) is 25.5 Å². The summed E-state index contributed by atoms with van der Waals surface area (Å²) in [5, 5.41) is 13.8. The van der Waals surface area contributed by atoms with Gasteiger partial charge in [0.15, 0.2) is 5.78 Å². The monoisotopic (exact) mass is 417 g/mol. The summed E-state index contributed by atoms with van der Waals surface area (Å²) in [4.78, 5) is 27.6. The predicted molar refractivity (Wildman–Crippen MR) is 108 cm³/mol. The van der Waals surface area contributed by atoms with E-state index in [2.05, 4.69) is 10.3 Å². The first-order valence-corrected chi connectivity index (χ1v) is 10.6. The van der Waals surface area contributed by atoms with E-state index in [4.69, 9.17) is 9.05 Å². The number of nitro groups is 1. The highest BCUT2D eigenvalue weighted by molar-refractivity contribution is 7.54. The Morgan fingerprint density at radius 2 is 1.79 bits per heavy atom. The smallest absolute Gasteiger partial charge is 0.320 e. The highest BCUT2D eigenvalue weighted by Gasteiger charge is 2.39. The molecule has 0 fully saturated rings. The molecule has 0 aromatic heterocycles. The molecule has 3 rings (SSSR count). The molecule has 0 saturated carbocycles. The van der Waals surface area contributed by atoms with Crippen LogP contribution in [0.3, 0.4) is 0 Å². The standard InChI is InChI=1S/C19H20N3O6P/c1-3-27-29(26,28-4-2)19(13-8-6-5-7-9-13)21-17-15-12-14(22(24)25)10-11-16(15)20-18(17)23/h5-12,19H,3-4H2,1-2H3,(H,20,21,23)/t19-/m0/s1. The zero-order valence-corrected chi connectivity index (χ0v) is 16.8. The number of nitrogens with zero attached hydrogens (tertiary/aromatic N) is 2. The summed E-state index contributed by atoms with van der Waals surface area (Å²) in [5.41, 5.74) is 0.967. The number of nitro benzene ring substituents is 1. The van der Waals surface area contributed by atoms with Gasteiger partial charge in [0.2, 0.25) is 0 Å². The van der Waals surface area contributed by atoms with Crippen LogP contribution in [0.5, 0.6) is 0 Å². The van der Waals surface area contributed by atoms with Gasteiger partial charge in [-0.15, -0.1) is 0 Å². The fourth-order valence-corrected chi connectivity index (χ4v) is 4.87. The zero-order chi connectivity index (χ0) is 21.0. The number of rotatable bonds is 8. The van der Waals surface area contributed by atoms with Crippen molar-refractivity contribution in [1.82, 2.24) is 0 Å². The second-order valence-electron chi connectivity index (χ2n) is 6.08. The summed E-state index contributed by atoms with van der Waals surface area (Å²) < 4.78 is 24.4. The lowest BCUT2D eigenvalue weighted by molar-refractivity contribution is -0.384. The van der Waals surface area contributed by atoms with Crippen LogP contribution in [0.1, 0.15) is 30.8 Å². The third-order valence-electron chi connectivity index (χ3n) is 4.20. The van der Waals surface area contributed by atoms with Crippen molar-refractivity contribution in [2.45, 2.75) is 19.6 Å². The lowest BCUT2D eigenvalue weighted by atomic mass is 10.1. The third-order valence-corrected chi connectivity index (χ3v) is 6.45. The van der Waals surface area contributed by atoms with E-state index in [1.54, 1.807) is 44.2 Å². The third kappa shape index (κ3) is 4.27. The molecule has 1 atom stereocenters. The van der Waals surface area contributed by atoms with Crippen LogP contribution in [0.2, 0.25) is 0 Å². The Labute approximate surface area is 167 Å². The summed E-state index contributed by atoms with van der Waals surface area (Å²) in [6, 6.07) is 12.7. The highest BCUT2D eigenvalue weighted by Crippen LogP contribution is 2.62. The van der Waals surface area contributed by atoms with Gasteiger partial charge in [-0.3, -0.25) is 24.5 Å². The van der Waals surface area contributed by atoms with E-state index >= 15 is 0 Å². The van der Waals surface area contributed by atoms with E-state index < -0.39 is 24.2 Å². The zero-order valence-electron chi connectivity index (χ0n) is 15.9. The fraction of sp³-hybridized carbons (Fsp3) is 0.263.